The minimum Gasteiger partial charge on any atom is -0.463 e. The molecule has 2 heterocycles. The average molecular weight is 265 g/mol. The number of carbonyl (C=O) groups is 1. The molecule has 1 N–H and O–H groups in total. The summed E-state index contributed by atoms with van der Waals surface area (Å²) in [5.74, 6) is 0.448. The molecule has 2 atom stereocenters. The van der Waals surface area contributed by atoms with Crippen molar-refractivity contribution in [1.82, 2.24) is 9.97 Å². The SMILES string of the molecule is COC(=O)c1nc(C)cc(N2CCC(O)C(C)C2)n1. The molecule has 1 aromatic rings. The fourth-order valence-electron chi connectivity index (χ4n) is 2.24. The lowest BCUT2D eigenvalue weighted by molar-refractivity contribution is 0.0586. The average Bonchev–Trinajstić information content (AvgIpc) is 2.40. The first kappa shape index (κ1) is 13.7. The summed E-state index contributed by atoms with van der Waals surface area (Å²) in [5, 5.41) is 9.74. The summed E-state index contributed by atoms with van der Waals surface area (Å²) in [6.07, 6.45) is 0.442. The Labute approximate surface area is 112 Å². The Hall–Kier alpha value is -1.69. The fourth-order valence-corrected chi connectivity index (χ4v) is 2.24. The molecule has 6 heteroatoms. The summed E-state index contributed by atoms with van der Waals surface area (Å²) in [6, 6.07) is 1.84. The van der Waals surface area contributed by atoms with E-state index in [1.165, 1.54) is 7.11 Å². The van der Waals surface area contributed by atoms with Gasteiger partial charge in [-0.3, -0.25) is 0 Å². The van der Waals surface area contributed by atoms with E-state index in [2.05, 4.69) is 19.6 Å². The number of hydrogen-bond acceptors (Lipinski definition) is 6. The molecule has 0 saturated carbocycles. The third-order valence-corrected chi connectivity index (χ3v) is 3.39. The summed E-state index contributed by atoms with van der Waals surface area (Å²) < 4.78 is 4.65. The minimum absolute atomic E-state index is 0.0799. The molecule has 0 spiro atoms. The van der Waals surface area contributed by atoms with E-state index >= 15 is 0 Å². The van der Waals surface area contributed by atoms with Crippen LogP contribution in [-0.4, -0.2) is 47.3 Å². The number of aryl methyl sites for hydroxylation is 1. The van der Waals surface area contributed by atoms with Gasteiger partial charge in [-0.15, -0.1) is 0 Å². The zero-order chi connectivity index (χ0) is 14.0. The van der Waals surface area contributed by atoms with Crippen LogP contribution in [0.25, 0.3) is 0 Å². The highest BCUT2D eigenvalue weighted by Gasteiger charge is 2.26. The number of anilines is 1. The van der Waals surface area contributed by atoms with Gasteiger partial charge in [0, 0.05) is 24.8 Å². The van der Waals surface area contributed by atoms with Crippen LogP contribution < -0.4 is 4.90 Å². The Morgan fingerprint density at radius 1 is 1.53 bits per heavy atom. The number of esters is 1. The number of hydrogen-bond donors (Lipinski definition) is 1. The summed E-state index contributed by atoms with van der Waals surface area (Å²) >= 11 is 0. The Balaban J connectivity index is 2.25. The summed E-state index contributed by atoms with van der Waals surface area (Å²) in [5.41, 5.74) is 0.726. The fraction of sp³-hybridized carbons (Fsp3) is 0.615. The van der Waals surface area contributed by atoms with Gasteiger partial charge in [-0.2, -0.15) is 0 Å². The van der Waals surface area contributed by atoms with Crippen LogP contribution in [0.3, 0.4) is 0 Å². The molecule has 2 rings (SSSR count). The highest BCUT2D eigenvalue weighted by molar-refractivity contribution is 5.85. The van der Waals surface area contributed by atoms with Crippen molar-refractivity contribution in [3.05, 3.63) is 17.6 Å². The molecule has 1 saturated heterocycles. The number of carbonyl (C=O) groups excluding carboxylic acids is 1. The topological polar surface area (TPSA) is 75.5 Å². The van der Waals surface area contributed by atoms with Crippen molar-refractivity contribution in [2.45, 2.75) is 26.4 Å². The molecule has 1 aliphatic heterocycles. The Kier molecular flexibility index (Phi) is 3.99. The summed E-state index contributed by atoms with van der Waals surface area (Å²) in [4.78, 5) is 21.9. The van der Waals surface area contributed by atoms with Gasteiger partial charge in [0.25, 0.3) is 0 Å². The summed E-state index contributed by atoms with van der Waals surface area (Å²) in [7, 11) is 1.31. The predicted molar refractivity (Wildman–Crippen MR) is 70.1 cm³/mol. The van der Waals surface area contributed by atoms with Crippen LogP contribution in [0, 0.1) is 12.8 Å². The number of piperidine rings is 1. The van der Waals surface area contributed by atoms with Crippen LogP contribution in [0.4, 0.5) is 5.82 Å². The molecule has 1 aromatic heterocycles. The molecule has 19 heavy (non-hydrogen) atoms. The van der Waals surface area contributed by atoms with Gasteiger partial charge in [0.1, 0.15) is 5.82 Å². The maximum absolute atomic E-state index is 11.5. The number of aliphatic hydroxyl groups excluding tert-OH is 1. The van der Waals surface area contributed by atoms with E-state index in [0.717, 1.165) is 18.8 Å². The number of methoxy groups -OCH3 is 1. The van der Waals surface area contributed by atoms with E-state index in [1.807, 2.05) is 19.9 Å². The number of ether oxygens (including phenoxy) is 1. The maximum atomic E-state index is 11.5. The normalized spacial score (nSPS) is 23.3. The number of rotatable bonds is 2. The molecule has 0 radical (unpaired) electrons. The second-order valence-electron chi connectivity index (χ2n) is 4.96. The monoisotopic (exact) mass is 265 g/mol. The van der Waals surface area contributed by atoms with Crippen molar-refractivity contribution >= 4 is 11.8 Å². The van der Waals surface area contributed by atoms with Crippen LogP contribution in [-0.2, 0) is 4.74 Å². The van der Waals surface area contributed by atoms with Crippen LogP contribution in [0.1, 0.15) is 29.7 Å². The van der Waals surface area contributed by atoms with E-state index in [4.69, 9.17) is 0 Å². The molecular weight excluding hydrogens is 246 g/mol. The standard InChI is InChI=1S/C13H19N3O3/c1-8-7-16(5-4-10(8)17)11-6-9(2)14-12(15-11)13(18)19-3/h6,8,10,17H,4-5,7H2,1-3H3. The van der Waals surface area contributed by atoms with E-state index in [-0.39, 0.29) is 17.8 Å². The predicted octanol–water partition coefficient (Wildman–Crippen LogP) is 0.779. The zero-order valence-corrected chi connectivity index (χ0v) is 11.5. The van der Waals surface area contributed by atoms with Crippen molar-refractivity contribution < 1.29 is 14.6 Å². The molecule has 2 unspecified atom stereocenters. The van der Waals surface area contributed by atoms with E-state index in [9.17, 15) is 9.90 Å². The van der Waals surface area contributed by atoms with Gasteiger partial charge in [-0.25, -0.2) is 14.8 Å². The zero-order valence-electron chi connectivity index (χ0n) is 11.5. The number of aliphatic hydroxyl groups is 1. The Morgan fingerprint density at radius 2 is 2.26 bits per heavy atom. The first-order valence-corrected chi connectivity index (χ1v) is 6.38. The van der Waals surface area contributed by atoms with Gasteiger partial charge < -0.3 is 14.7 Å². The van der Waals surface area contributed by atoms with Gasteiger partial charge in [0.15, 0.2) is 0 Å². The molecule has 104 valence electrons. The lowest BCUT2D eigenvalue weighted by atomic mass is 9.97. The Bertz CT molecular complexity index is 478. The van der Waals surface area contributed by atoms with Gasteiger partial charge in [0.2, 0.25) is 5.82 Å². The third kappa shape index (κ3) is 3.01. The van der Waals surface area contributed by atoms with E-state index in [1.54, 1.807) is 0 Å². The molecule has 0 aliphatic carbocycles. The quantitative estimate of drug-likeness (QED) is 0.796. The molecule has 0 bridgehead atoms. The van der Waals surface area contributed by atoms with Crippen LogP contribution in [0.5, 0.6) is 0 Å². The van der Waals surface area contributed by atoms with Crippen molar-refractivity contribution in [3.8, 4) is 0 Å². The van der Waals surface area contributed by atoms with Gasteiger partial charge >= 0.3 is 5.97 Å². The van der Waals surface area contributed by atoms with Gasteiger partial charge in [0.05, 0.1) is 13.2 Å². The van der Waals surface area contributed by atoms with Crippen molar-refractivity contribution in [2.75, 3.05) is 25.1 Å². The highest BCUT2D eigenvalue weighted by atomic mass is 16.5. The van der Waals surface area contributed by atoms with Crippen LogP contribution >= 0.6 is 0 Å². The molecule has 0 aromatic carbocycles. The molecule has 1 aliphatic rings. The smallest absolute Gasteiger partial charge is 0.376 e. The number of nitrogens with zero attached hydrogens (tertiary/aromatic N) is 3. The van der Waals surface area contributed by atoms with Crippen molar-refractivity contribution in [2.24, 2.45) is 5.92 Å². The van der Waals surface area contributed by atoms with Crippen LogP contribution in [0.15, 0.2) is 6.07 Å². The molecule has 1 fully saturated rings. The Morgan fingerprint density at radius 3 is 2.89 bits per heavy atom. The first-order valence-electron chi connectivity index (χ1n) is 6.38. The second kappa shape index (κ2) is 5.52. The van der Waals surface area contributed by atoms with E-state index in [0.29, 0.717) is 12.2 Å². The lowest BCUT2D eigenvalue weighted by Gasteiger charge is -2.35. The van der Waals surface area contributed by atoms with Crippen molar-refractivity contribution in [3.63, 3.8) is 0 Å². The van der Waals surface area contributed by atoms with E-state index < -0.39 is 5.97 Å². The lowest BCUT2D eigenvalue weighted by Crippen LogP contribution is -2.42. The minimum atomic E-state index is -0.532. The maximum Gasteiger partial charge on any atom is 0.376 e. The number of aromatic nitrogens is 2. The first-order chi connectivity index (χ1) is 9.01. The second-order valence-corrected chi connectivity index (χ2v) is 4.96. The van der Waals surface area contributed by atoms with Gasteiger partial charge in [-0.1, -0.05) is 6.92 Å². The largest absolute Gasteiger partial charge is 0.463 e. The third-order valence-electron chi connectivity index (χ3n) is 3.39. The summed E-state index contributed by atoms with van der Waals surface area (Å²) in [6.45, 7) is 5.27. The molecular formula is C13H19N3O3. The molecule has 6 nitrogen and oxygen atoms in total. The highest BCUT2D eigenvalue weighted by Crippen LogP contribution is 2.22. The van der Waals surface area contributed by atoms with Crippen molar-refractivity contribution in [1.29, 1.82) is 0 Å². The van der Waals surface area contributed by atoms with Crippen LogP contribution in [0.2, 0.25) is 0 Å². The molecule has 0 amide bonds. The van der Waals surface area contributed by atoms with Gasteiger partial charge in [-0.05, 0) is 19.3 Å².